The molecule has 17 heavy (non-hydrogen) atoms. The molecule has 1 heterocycles. The number of hydrogen-bond acceptors (Lipinski definition) is 4. The molecule has 3 N–H and O–H groups in total. The first-order valence-electron chi connectivity index (χ1n) is 5.14. The van der Waals surface area contributed by atoms with Crippen molar-refractivity contribution in [2.45, 2.75) is 6.54 Å². The number of rotatable bonds is 3. The van der Waals surface area contributed by atoms with Gasteiger partial charge in [0, 0.05) is 17.4 Å². The maximum Gasteiger partial charge on any atom is 0.251 e. The number of carbonyl (C=O) groups excluding carboxylic acids is 1. The summed E-state index contributed by atoms with van der Waals surface area (Å²) in [6.45, 7) is 0.381. The zero-order chi connectivity index (χ0) is 12.1. The summed E-state index contributed by atoms with van der Waals surface area (Å²) < 4.78 is 0. The van der Waals surface area contributed by atoms with Gasteiger partial charge in [0.05, 0.1) is 12.2 Å². The molecule has 2 rings (SSSR count). The van der Waals surface area contributed by atoms with E-state index < -0.39 is 0 Å². The molecule has 86 valence electrons. The van der Waals surface area contributed by atoms with Gasteiger partial charge < -0.3 is 11.1 Å². The zero-order valence-corrected chi connectivity index (χ0v) is 9.13. The van der Waals surface area contributed by atoms with Crippen LogP contribution < -0.4 is 11.1 Å². The first-order chi connectivity index (χ1) is 8.25. The summed E-state index contributed by atoms with van der Waals surface area (Å²) in [5.74, 6) is -0.149. The summed E-state index contributed by atoms with van der Waals surface area (Å²) in [6, 6.07) is 8.51. The summed E-state index contributed by atoms with van der Waals surface area (Å²) >= 11 is 0. The summed E-state index contributed by atoms with van der Waals surface area (Å²) in [4.78, 5) is 19.5. The molecule has 0 saturated heterocycles. The van der Waals surface area contributed by atoms with Gasteiger partial charge in [0.1, 0.15) is 6.33 Å². The van der Waals surface area contributed by atoms with Crippen LogP contribution in [0.1, 0.15) is 16.1 Å². The van der Waals surface area contributed by atoms with Gasteiger partial charge in [-0.2, -0.15) is 0 Å². The number of nitrogens with one attached hydrogen (secondary N) is 1. The lowest BCUT2D eigenvalue weighted by molar-refractivity contribution is 0.0950. The Morgan fingerprint density at radius 2 is 2.00 bits per heavy atom. The van der Waals surface area contributed by atoms with E-state index in [9.17, 15) is 4.79 Å². The number of nitrogens with zero attached hydrogens (tertiary/aromatic N) is 2. The van der Waals surface area contributed by atoms with Crippen molar-refractivity contribution >= 4 is 11.6 Å². The molecule has 0 unspecified atom stereocenters. The van der Waals surface area contributed by atoms with E-state index in [1.54, 1.807) is 36.5 Å². The van der Waals surface area contributed by atoms with Gasteiger partial charge in [-0.3, -0.25) is 4.79 Å². The fraction of sp³-hybridized carbons (Fsp3) is 0.0833. The van der Waals surface area contributed by atoms with Crippen LogP contribution in [0.25, 0.3) is 0 Å². The van der Waals surface area contributed by atoms with Gasteiger partial charge in [-0.25, -0.2) is 9.97 Å². The number of anilines is 1. The van der Waals surface area contributed by atoms with Crippen molar-refractivity contribution in [1.29, 1.82) is 0 Å². The average molecular weight is 228 g/mol. The van der Waals surface area contributed by atoms with Crippen LogP contribution in [0.3, 0.4) is 0 Å². The minimum atomic E-state index is -0.149. The van der Waals surface area contributed by atoms with Crippen LogP contribution in [-0.2, 0) is 6.54 Å². The molecule has 0 atom stereocenters. The van der Waals surface area contributed by atoms with Crippen LogP contribution in [0.4, 0.5) is 5.69 Å². The van der Waals surface area contributed by atoms with Gasteiger partial charge >= 0.3 is 0 Å². The van der Waals surface area contributed by atoms with E-state index in [1.165, 1.54) is 6.33 Å². The number of benzene rings is 1. The Labute approximate surface area is 98.7 Å². The van der Waals surface area contributed by atoms with Crippen LogP contribution in [-0.4, -0.2) is 15.9 Å². The van der Waals surface area contributed by atoms with E-state index in [0.29, 0.717) is 17.8 Å². The maximum atomic E-state index is 11.7. The zero-order valence-electron chi connectivity index (χ0n) is 9.13. The smallest absolute Gasteiger partial charge is 0.251 e. The monoisotopic (exact) mass is 228 g/mol. The van der Waals surface area contributed by atoms with Crippen molar-refractivity contribution in [3.63, 3.8) is 0 Å². The van der Waals surface area contributed by atoms with Gasteiger partial charge in [-0.05, 0) is 30.3 Å². The molecule has 0 aliphatic carbocycles. The van der Waals surface area contributed by atoms with E-state index in [0.717, 1.165) is 5.69 Å². The molecule has 5 heteroatoms. The summed E-state index contributed by atoms with van der Waals surface area (Å²) in [7, 11) is 0. The number of nitrogen functional groups attached to an aromatic ring is 1. The van der Waals surface area contributed by atoms with Gasteiger partial charge in [0.15, 0.2) is 0 Å². The molecule has 0 fully saturated rings. The number of amides is 1. The van der Waals surface area contributed by atoms with Crippen molar-refractivity contribution in [1.82, 2.24) is 15.3 Å². The topological polar surface area (TPSA) is 80.9 Å². The molecule has 0 saturated carbocycles. The lowest BCUT2D eigenvalue weighted by Gasteiger charge is -2.04. The quantitative estimate of drug-likeness (QED) is 0.767. The third-order valence-electron chi connectivity index (χ3n) is 2.25. The molecule has 0 bridgehead atoms. The van der Waals surface area contributed by atoms with Gasteiger partial charge in [-0.15, -0.1) is 0 Å². The first kappa shape index (κ1) is 11.1. The first-order valence-corrected chi connectivity index (χ1v) is 5.14. The van der Waals surface area contributed by atoms with Crippen LogP contribution in [0, 0.1) is 0 Å². The number of hydrogen-bond donors (Lipinski definition) is 2. The number of carbonyl (C=O) groups is 1. The Kier molecular flexibility index (Phi) is 3.30. The SMILES string of the molecule is Nc1ccc(C(=O)NCc2ccncn2)cc1. The van der Waals surface area contributed by atoms with Crippen molar-refractivity contribution in [3.8, 4) is 0 Å². The lowest BCUT2D eigenvalue weighted by Crippen LogP contribution is -2.23. The van der Waals surface area contributed by atoms with Crippen molar-refractivity contribution in [2.75, 3.05) is 5.73 Å². The highest BCUT2D eigenvalue weighted by Gasteiger charge is 2.04. The molecule has 0 spiro atoms. The third-order valence-corrected chi connectivity index (χ3v) is 2.25. The highest BCUT2D eigenvalue weighted by molar-refractivity contribution is 5.94. The third kappa shape index (κ3) is 3.01. The van der Waals surface area contributed by atoms with E-state index in [4.69, 9.17) is 5.73 Å². The highest BCUT2D eigenvalue weighted by atomic mass is 16.1. The average Bonchev–Trinajstić information content (AvgIpc) is 2.38. The van der Waals surface area contributed by atoms with Crippen LogP contribution in [0.5, 0.6) is 0 Å². The number of nitrogens with two attached hydrogens (primary N) is 1. The second-order valence-corrected chi connectivity index (χ2v) is 3.51. The Morgan fingerprint density at radius 3 is 2.65 bits per heavy atom. The van der Waals surface area contributed by atoms with Gasteiger partial charge in [0.25, 0.3) is 5.91 Å². The van der Waals surface area contributed by atoms with Gasteiger partial charge in [0.2, 0.25) is 0 Å². The largest absolute Gasteiger partial charge is 0.399 e. The Bertz CT molecular complexity index is 496. The molecular weight excluding hydrogens is 216 g/mol. The maximum absolute atomic E-state index is 11.7. The Balaban J connectivity index is 1.96. The predicted octanol–water partition coefficient (Wildman–Crippen LogP) is 0.989. The predicted molar refractivity (Wildman–Crippen MR) is 64.1 cm³/mol. The highest BCUT2D eigenvalue weighted by Crippen LogP contribution is 2.05. The molecule has 2 aromatic rings. The summed E-state index contributed by atoms with van der Waals surface area (Å²) in [6.07, 6.45) is 3.09. The summed E-state index contributed by atoms with van der Waals surface area (Å²) in [5.41, 5.74) is 7.52. The molecule has 1 aromatic carbocycles. The van der Waals surface area contributed by atoms with Crippen LogP contribution in [0.2, 0.25) is 0 Å². The molecule has 1 aromatic heterocycles. The Morgan fingerprint density at radius 1 is 1.24 bits per heavy atom. The van der Waals surface area contributed by atoms with Crippen LogP contribution >= 0.6 is 0 Å². The fourth-order valence-electron chi connectivity index (χ4n) is 1.33. The van der Waals surface area contributed by atoms with Crippen molar-refractivity contribution < 1.29 is 4.79 Å². The van der Waals surface area contributed by atoms with Crippen LogP contribution in [0.15, 0.2) is 42.9 Å². The molecule has 0 aliphatic heterocycles. The fourth-order valence-corrected chi connectivity index (χ4v) is 1.33. The molecule has 0 radical (unpaired) electrons. The normalized spacial score (nSPS) is 9.88. The minimum absolute atomic E-state index is 0.149. The summed E-state index contributed by atoms with van der Waals surface area (Å²) in [5, 5.41) is 2.76. The minimum Gasteiger partial charge on any atom is -0.399 e. The Hall–Kier alpha value is -2.43. The van der Waals surface area contributed by atoms with E-state index in [-0.39, 0.29) is 5.91 Å². The standard InChI is InChI=1S/C12H12N4O/c13-10-3-1-9(2-4-10)12(17)15-7-11-5-6-14-8-16-11/h1-6,8H,7,13H2,(H,15,17). The van der Waals surface area contributed by atoms with E-state index in [2.05, 4.69) is 15.3 Å². The second-order valence-electron chi connectivity index (χ2n) is 3.51. The van der Waals surface area contributed by atoms with E-state index >= 15 is 0 Å². The molecule has 1 amide bonds. The lowest BCUT2D eigenvalue weighted by atomic mass is 10.2. The van der Waals surface area contributed by atoms with E-state index in [1.807, 2.05) is 0 Å². The second kappa shape index (κ2) is 5.07. The van der Waals surface area contributed by atoms with Crippen molar-refractivity contribution in [3.05, 3.63) is 54.1 Å². The molecule has 5 nitrogen and oxygen atoms in total. The molecule has 0 aliphatic rings. The number of aromatic nitrogens is 2. The van der Waals surface area contributed by atoms with Crippen molar-refractivity contribution in [2.24, 2.45) is 0 Å². The van der Waals surface area contributed by atoms with Gasteiger partial charge in [-0.1, -0.05) is 0 Å². The molecular formula is C12H12N4O.